The van der Waals surface area contributed by atoms with Crippen molar-refractivity contribution >= 4 is 17.4 Å². The molecule has 0 spiro atoms. The predicted octanol–water partition coefficient (Wildman–Crippen LogP) is 2.61. The maximum atomic E-state index is 6.24. The molecule has 106 valence electrons. The Morgan fingerprint density at radius 1 is 1.26 bits per heavy atom. The molecule has 1 aliphatic heterocycles. The second kappa shape index (κ2) is 6.06. The van der Waals surface area contributed by atoms with Gasteiger partial charge in [0, 0.05) is 30.7 Å². The normalized spacial score (nSPS) is 24.8. The molecule has 0 amide bonds. The summed E-state index contributed by atoms with van der Waals surface area (Å²) in [5.41, 5.74) is 1.09. The van der Waals surface area contributed by atoms with Gasteiger partial charge in [0.15, 0.2) is 0 Å². The maximum Gasteiger partial charge on any atom is 0.137 e. The molecule has 0 N–H and O–H groups in total. The van der Waals surface area contributed by atoms with Crippen molar-refractivity contribution in [1.82, 2.24) is 14.9 Å². The van der Waals surface area contributed by atoms with Crippen LogP contribution in [0.4, 0.5) is 5.82 Å². The van der Waals surface area contributed by atoms with Crippen LogP contribution in [0, 0.1) is 0 Å². The molecule has 0 radical (unpaired) electrons. The van der Waals surface area contributed by atoms with Crippen molar-refractivity contribution < 1.29 is 0 Å². The van der Waals surface area contributed by atoms with E-state index < -0.39 is 0 Å². The van der Waals surface area contributed by atoms with E-state index in [1.54, 1.807) is 6.33 Å². The van der Waals surface area contributed by atoms with Gasteiger partial charge in [0.05, 0.1) is 0 Å². The number of hydrogen-bond donors (Lipinski definition) is 0. The third-order valence-electron chi connectivity index (χ3n) is 4.03. The first-order valence-electron chi connectivity index (χ1n) is 7.00. The van der Waals surface area contributed by atoms with Gasteiger partial charge in [0.1, 0.15) is 17.3 Å². The number of nitrogens with zero attached hydrogens (tertiary/aromatic N) is 4. The highest BCUT2D eigenvalue weighted by atomic mass is 35.5. The highest BCUT2D eigenvalue weighted by Gasteiger charge is 2.28. The Hall–Kier alpha value is -0.870. The van der Waals surface area contributed by atoms with Crippen LogP contribution in [0.3, 0.4) is 0 Å². The lowest BCUT2D eigenvalue weighted by atomic mass is 10.1. The van der Waals surface area contributed by atoms with E-state index in [1.165, 1.54) is 0 Å². The molecule has 2 heterocycles. The SMILES string of the molecule is CCCc1c(Cl)ncnc1N1CC(C)N(C)C(C)C1. The molecule has 0 aliphatic carbocycles. The van der Waals surface area contributed by atoms with Crippen LogP contribution < -0.4 is 4.90 Å². The fourth-order valence-electron chi connectivity index (χ4n) is 2.70. The molecule has 0 saturated carbocycles. The van der Waals surface area contributed by atoms with Crippen molar-refractivity contribution in [3.8, 4) is 0 Å². The van der Waals surface area contributed by atoms with E-state index >= 15 is 0 Å². The monoisotopic (exact) mass is 282 g/mol. The maximum absolute atomic E-state index is 6.24. The quantitative estimate of drug-likeness (QED) is 0.798. The zero-order valence-electron chi connectivity index (χ0n) is 12.2. The first kappa shape index (κ1) is 14.5. The van der Waals surface area contributed by atoms with E-state index in [4.69, 9.17) is 11.6 Å². The van der Waals surface area contributed by atoms with Gasteiger partial charge < -0.3 is 4.90 Å². The van der Waals surface area contributed by atoms with Crippen molar-refractivity contribution in [1.29, 1.82) is 0 Å². The molecular weight excluding hydrogens is 260 g/mol. The Balaban J connectivity index is 2.29. The number of anilines is 1. The Bertz CT molecular complexity index is 425. The summed E-state index contributed by atoms with van der Waals surface area (Å²) < 4.78 is 0. The minimum Gasteiger partial charge on any atom is -0.353 e. The van der Waals surface area contributed by atoms with Gasteiger partial charge >= 0.3 is 0 Å². The van der Waals surface area contributed by atoms with Crippen molar-refractivity contribution in [2.75, 3.05) is 25.0 Å². The van der Waals surface area contributed by atoms with Crippen molar-refractivity contribution in [2.45, 2.75) is 45.7 Å². The lowest BCUT2D eigenvalue weighted by Crippen LogP contribution is -2.55. The molecule has 4 nitrogen and oxygen atoms in total. The largest absolute Gasteiger partial charge is 0.353 e. The van der Waals surface area contributed by atoms with Crippen LogP contribution in [0.2, 0.25) is 5.15 Å². The van der Waals surface area contributed by atoms with Gasteiger partial charge in [-0.15, -0.1) is 0 Å². The number of likely N-dealkylation sites (N-methyl/N-ethyl adjacent to an activating group) is 1. The predicted molar refractivity (Wildman–Crippen MR) is 79.9 cm³/mol. The number of hydrogen-bond acceptors (Lipinski definition) is 4. The van der Waals surface area contributed by atoms with Gasteiger partial charge in [-0.3, -0.25) is 4.90 Å². The Morgan fingerprint density at radius 2 is 1.89 bits per heavy atom. The van der Waals surface area contributed by atoms with Crippen LogP contribution in [-0.4, -0.2) is 47.1 Å². The topological polar surface area (TPSA) is 32.3 Å². The summed E-state index contributed by atoms with van der Waals surface area (Å²) in [6.07, 6.45) is 3.56. The fourth-order valence-corrected chi connectivity index (χ4v) is 2.92. The van der Waals surface area contributed by atoms with Crippen LogP contribution in [0.15, 0.2) is 6.33 Å². The molecule has 2 unspecified atom stereocenters. The van der Waals surface area contributed by atoms with Gasteiger partial charge in [-0.2, -0.15) is 0 Å². The molecule has 0 bridgehead atoms. The molecule has 1 aromatic rings. The van der Waals surface area contributed by atoms with Crippen molar-refractivity contribution in [3.63, 3.8) is 0 Å². The summed E-state index contributed by atoms with van der Waals surface area (Å²) in [7, 11) is 2.19. The molecule has 2 atom stereocenters. The Morgan fingerprint density at radius 3 is 2.47 bits per heavy atom. The van der Waals surface area contributed by atoms with Gasteiger partial charge in [-0.25, -0.2) is 9.97 Å². The molecular formula is C14H23ClN4. The van der Waals surface area contributed by atoms with E-state index in [2.05, 4.69) is 47.6 Å². The van der Waals surface area contributed by atoms with Gasteiger partial charge in [0.25, 0.3) is 0 Å². The van der Waals surface area contributed by atoms with Crippen LogP contribution in [0.5, 0.6) is 0 Å². The van der Waals surface area contributed by atoms with Crippen LogP contribution in [-0.2, 0) is 6.42 Å². The van der Waals surface area contributed by atoms with E-state index in [0.717, 1.165) is 37.3 Å². The molecule has 5 heteroatoms. The molecule has 1 aromatic heterocycles. The lowest BCUT2D eigenvalue weighted by Gasteiger charge is -2.43. The zero-order chi connectivity index (χ0) is 14.0. The van der Waals surface area contributed by atoms with E-state index in [9.17, 15) is 0 Å². The van der Waals surface area contributed by atoms with Crippen molar-refractivity contribution in [3.05, 3.63) is 17.0 Å². The van der Waals surface area contributed by atoms with Gasteiger partial charge in [0.2, 0.25) is 0 Å². The number of aromatic nitrogens is 2. The second-order valence-electron chi connectivity index (χ2n) is 5.49. The average Bonchev–Trinajstić information content (AvgIpc) is 2.38. The molecule has 1 aliphatic rings. The molecule has 1 fully saturated rings. The highest BCUT2D eigenvalue weighted by Crippen LogP contribution is 2.27. The smallest absolute Gasteiger partial charge is 0.137 e. The first-order chi connectivity index (χ1) is 9.04. The minimum atomic E-state index is 0.520. The summed E-state index contributed by atoms with van der Waals surface area (Å²) in [5, 5.41) is 0.603. The summed E-state index contributed by atoms with van der Waals surface area (Å²) in [5.74, 6) is 1.02. The fraction of sp³-hybridized carbons (Fsp3) is 0.714. The van der Waals surface area contributed by atoms with E-state index in [0.29, 0.717) is 17.2 Å². The summed E-state index contributed by atoms with van der Waals surface area (Å²) in [6.45, 7) is 8.65. The van der Waals surface area contributed by atoms with Crippen LogP contribution in [0.1, 0.15) is 32.8 Å². The molecule has 0 aromatic carbocycles. The van der Waals surface area contributed by atoms with Crippen molar-refractivity contribution in [2.24, 2.45) is 0 Å². The highest BCUT2D eigenvalue weighted by molar-refractivity contribution is 6.30. The first-order valence-corrected chi connectivity index (χ1v) is 7.38. The summed E-state index contributed by atoms with van der Waals surface area (Å²) >= 11 is 6.24. The van der Waals surface area contributed by atoms with E-state index in [-0.39, 0.29) is 0 Å². The average molecular weight is 283 g/mol. The lowest BCUT2D eigenvalue weighted by molar-refractivity contribution is 0.169. The number of rotatable bonds is 3. The van der Waals surface area contributed by atoms with E-state index in [1.807, 2.05) is 0 Å². The second-order valence-corrected chi connectivity index (χ2v) is 5.84. The van der Waals surface area contributed by atoms with Gasteiger partial charge in [-0.05, 0) is 27.3 Å². The van der Waals surface area contributed by atoms with Crippen LogP contribution >= 0.6 is 11.6 Å². The molecule has 19 heavy (non-hydrogen) atoms. The Labute approximate surface area is 120 Å². The third kappa shape index (κ3) is 3.00. The molecule has 1 saturated heterocycles. The number of halogens is 1. The standard InChI is InChI=1S/C14H23ClN4/c1-5-6-12-13(15)16-9-17-14(12)19-7-10(2)18(4)11(3)8-19/h9-11H,5-8H2,1-4H3. The van der Waals surface area contributed by atoms with Gasteiger partial charge in [-0.1, -0.05) is 24.9 Å². The minimum absolute atomic E-state index is 0.520. The van der Waals surface area contributed by atoms with Crippen LogP contribution in [0.25, 0.3) is 0 Å². The summed E-state index contributed by atoms with van der Waals surface area (Å²) in [4.78, 5) is 13.4. The molecule has 2 rings (SSSR count). The Kier molecular flexibility index (Phi) is 4.63. The summed E-state index contributed by atoms with van der Waals surface area (Å²) in [6, 6.07) is 1.04. The zero-order valence-corrected chi connectivity index (χ0v) is 13.0. The number of piperazine rings is 1. The third-order valence-corrected chi connectivity index (χ3v) is 4.36.